The number of carbonyl (C=O) groups excluding carboxylic acids is 1. The molecule has 0 atom stereocenters. The molecule has 1 amide bonds. The lowest BCUT2D eigenvalue weighted by molar-refractivity contribution is 0.0948. The number of fused-ring (bicyclic) bond motifs is 1. The van der Waals surface area contributed by atoms with Crippen LogP contribution in [0.4, 0.5) is 0 Å². The third kappa shape index (κ3) is 3.60. The number of aromatic nitrogens is 3. The van der Waals surface area contributed by atoms with Gasteiger partial charge in [-0.2, -0.15) is 0 Å². The lowest BCUT2D eigenvalue weighted by Gasteiger charge is -2.10. The number of para-hydroxylation sites is 2. The van der Waals surface area contributed by atoms with Gasteiger partial charge in [0.05, 0.1) is 29.7 Å². The van der Waals surface area contributed by atoms with Crippen molar-refractivity contribution in [2.75, 3.05) is 13.2 Å². The lowest BCUT2D eigenvalue weighted by atomic mass is 10.3. The summed E-state index contributed by atoms with van der Waals surface area (Å²) in [6.45, 7) is 4.32. The lowest BCUT2D eigenvalue weighted by Crippen LogP contribution is -2.25. The highest BCUT2D eigenvalue weighted by atomic mass is 16.5. The first-order chi connectivity index (χ1) is 11.8. The molecule has 1 N–H and O–H groups in total. The summed E-state index contributed by atoms with van der Waals surface area (Å²) in [6, 6.07) is 11.4. The van der Waals surface area contributed by atoms with Gasteiger partial charge in [-0.15, -0.1) is 0 Å². The molecule has 0 bridgehead atoms. The van der Waals surface area contributed by atoms with Crippen molar-refractivity contribution >= 4 is 16.9 Å². The Morgan fingerprint density at radius 3 is 2.92 bits per heavy atom. The number of carbonyl (C=O) groups is 1. The molecule has 2 heterocycles. The number of nitrogens with one attached hydrogen (secondary N) is 1. The molecule has 0 unspecified atom stereocenters. The summed E-state index contributed by atoms with van der Waals surface area (Å²) in [5.74, 6) is 0.652. The van der Waals surface area contributed by atoms with Crippen molar-refractivity contribution < 1.29 is 9.53 Å². The Morgan fingerprint density at radius 2 is 2.12 bits per heavy atom. The van der Waals surface area contributed by atoms with Crippen LogP contribution in [0.2, 0.25) is 0 Å². The van der Waals surface area contributed by atoms with Crippen LogP contribution in [0.3, 0.4) is 0 Å². The van der Waals surface area contributed by atoms with Crippen molar-refractivity contribution in [3.05, 3.63) is 60.2 Å². The van der Waals surface area contributed by atoms with E-state index in [2.05, 4.69) is 19.9 Å². The summed E-state index contributed by atoms with van der Waals surface area (Å²) in [6.07, 6.45) is 3.19. The minimum absolute atomic E-state index is 0.161. The molecule has 3 rings (SSSR count). The second-order valence-corrected chi connectivity index (χ2v) is 5.29. The normalized spacial score (nSPS) is 10.9. The van der Waals surface area contributed by atoms with Crippen LogP contribution in [0.25, 0.3) is 11.0 Å². The molecule has 6 nitrogen and oxygen atoms in total. The van der Waals surface area contributed by atoms with Gasteiger partial charge in [-0.1, -0.05) is 12.1 Å². The van der Waals surface area contributed by atoms with E-state index in [9.17, 15) is 4.79 Å². The SMILES string of the molecule is CCOCCn1c(CNC(=O)c2cccnc2)nc2ccccc21. The second-order valence-electron chi connectivity index (χ2n) is 5.29. The zero-order valence-electron chi connectivity index (χ0n) is 13.6. The highest BCUT2D eigenvalue weighted by molar-refractivity contribution is 5.93. The highest BCUT2D eigenvalue weighted by Crippen LogP contribution is 2.16. The van der Waals surface area contributed by atoms with E-state index >= 15 is 0 Å². The molecular weight excluding hydrogens is 304 g/mol. The van der Waals surface area contributed by atoms with Gasteiger partial charge in [0, 0.05) is 25.5 Å². The molecule has 0 aliphatic rings. The fourth-order valence-corrected chi connectivity index (χ4v) is 2.57. The van der Waals surface area contributed by atoms with E-state index in [4.69, 9.17) is 4.74 Å². The molecule has 24 heavy (non-hydrogen) atoms. The summed E-state index contributed by atoms with van der Waals surface area (Å²) in [4.78, 5) is 20.8. The van der Waals surface area contributed by atoms with E-state index in [1.54, 1.807) is 24.5 Å². The molecule has 0 radical (unpaired) electrons. The Labute approximate surface area is 140 Å². The molecule has 124 valence electrons. The molecule has 0 fully saturated rings. The second kappa shape index (κ2) is 7.70. The number of amides is 1. The standard InChI is InChI=1S/C18H20N4O2/c1-2-24-11-10-22-16-8-4-3-7-15(16)21-17(22)13-20-18(23)14-6-5-9-19-12-14/h3-9,12H,2,10-11,13H2,1H3,(H,20,23). The number of hydrogen-bond acceptors (Lipinski definition) is 4. The van der Waals surface area contributed by atoms with Crippen LogP contribution in [-0.2, 0) is 17.8 Å². The van der Waals surface area contributed by atoms with Gasteiger partial charge >= 0.3 is 0 Å². The number of pyridine rings is 1. The van der Waals surface area contributed by atoms with E-state index in [1.807, 2.05) is 31.2 Å². The van der Waals surface area contributed by atoms with Crippen LogP contribution in [0.1, 0.15) is 23.1 Å². The van der Waals surface area contributed by atoms with Gasteiger partial charge in [0.1, 0.15) is 5.82 Å². The molecule has 0 aliphatic carbocycles. The van der Waals surface area contributed by atoms with Crippen LogP contribution in [0.5, 0.6) is 0 Å². The Morgan fingerprint density at radius 1 is 1.25 bits per heavy atom. The van der Waals surface area contributed by atoms with Crippen LogP contribution < -0.4 is 5.32 Å². The van der Waals surface area contributed by atoms with E-state index in [-0.39, 0.29) is 5.91 Å². The zero-order chi connectivity index (χ0) is 16.8. The van der Waals surface area contributed by atoms with Gasteiger partial charge < -0.3 is 14.6 Å². The first kappa shape index (κ1) is 16.1. The summed E-state index contributed by atoms with van der Waals surface area (Å²) in [5, 5.41) is 2.90. The Bertz CT molecular complexity index is 814. The average molecular weight is 324 g/mol. The van der Waals surface area contributed by atoms with Crippen LogP contribution in [0.15, 0.2) is 48.8 Å². The highest BCUT2D eigenvalue weighted by Gasteiger charge is 2.12. The summed E-state index contributed by atoms with van der Waals surface area (Å²) < 4.78 is 7.55. The minimum atomic E-state index is -0.161. The van der Waals surface area contributed by atoms with E-state index in [0.717, 1.165) is 16.9 Å². The molecular formula is C18H20N4O2. The summed E-state index contributed by atoms with van der Waals surface area (Å²) in [7, 11) is 0. The fourth-order valence-electron chi connectivity index (χ4n) is 2.57. The van der Waals surface area contributed by atoms with E-state index in [1.165, 1.54) is 0 Å². The maximum absolute atomic E-state index is 12.2. The topological polar surface area (TPSA) is 69.0 Å². The van der Waals surface area contributed by atoms with Gasteiger partial charge in [-0.05, 0) is 31.2 Å². The molecule has 0 spiro atoms. The maximum atomic E-state index is 12.2. The van der Waals surface area contributed by atoms with Crippen molar-refractivity contribution in [2.45, 2.75) is 20.0 Å². The van der Waals surface area contributed by atoms with Crippen molar-refractivity contribution in [3.8, 4) is 0 Å². The molecule has 0 aliphatic heterocycles. The number of ether oxygens (including phenoxy) is 1. The fraction of sp³-hybridized carbons (Fsp3) is 0.278. The molecule has 3 aromatic rings. The predicted octanol–water partition coefficient (Wildman–Crippen LogP) is 2.40. The Balaban J connectivity index is 1.77. The number of benzene rings is 1. The smallest absolute Gasteiger partial charge is 0.253 e. The third-order valence-electron chi connectivity index (χ3n) is 3.73. The van der Waals surface area contributed by atoms with Crippen molar-refractivity contribution in [1.82, 2.24) is 19.9 Å². The number of nitrogens with zero attached hydrogens (tertiary/aromatic N) is 3. The minimum Gasteiger partial charge on any atom is -0.380 e. The quantitative estimate of drug-likeness (QED) is 0.678. The Kier molecular flexibility index (Phi) is 5.18. The number of hydrogen-bond donors (Lipinski definition) is 1. The maximum Gasteiger partial charge on any atom is 0.253 e. The summed E-state index contributed by atoms with van der Waals surface area (Å²) >= 11 is 0. The third-order valence-corrected chi connectivity index (χ3v) is 3.73. The van der Waals surface area contributed by atoms with Crippen LogP contribution >= 0.6 is 0 Å². The molecule has 0 saturated heterocycles. The number of rotatable bonds is 7. The average Bonchev–Trinajstić information content (AvgIpc) is 2.98. The van der Waals surface area contributed by atoms with E-state index in [0.29, 0.717) is 31.9 Å². The Hall–Kier alpha value is -2.73. The zero-order valence-corrected chi connectivity index (χ0v) is 13.6. The van der Waals surface area contributed by atoms with Crippen molar-refractivity contribution in [2.24, 2.45) is 0 Å². The summed E-state index contributed by atoms with van der Waals surface area (Å²) in [5.41, 5.74) is 2.50. The predicted molar refractivity (Wildman–Crippen MR) is 91.6 cm³/mol. The van der Waals surface area contributed by atoms with Gasteiger partial charge in [-0.25, -0.2) is 4.98 Å². The van der Waals surface area contributed by atoms with Crippen molar-refractivity contribution in [1.29, 1.82) is 0 Å². The first-order valence-corrected chi connectivity index (χ1v) is 7.99. The largest absolute Gasteiger partial charge is 0.380 e. The number of imidazole rings is 1. The van der Waals surface area contributed by atoms with Crippen LogP contribution in [-0.4, -0.2) is 33.7 Å². The first-order valence-electron chi connectivity index (χ1n) is 7.99. The molecule has 6 heteroatoms. The van der Waals surface area contributed by atoms with Crippen molar-refractivity contribution in [3.63, 3.8) is 0 Å². The van der Waals surface area contributed by atoms with Crippen LogP contribution in [0, 0.1) is 0 Å². The monoisotopic (exact) mass is 324 g/mol. The van der Waals surface area contributed by atoms with Gasteiger partial charge in [0.15, 0.2) is 0 Å². The van der Waals surface area contributed by atoms with Gasteiger partial charge in [0.25, 0.3) is 5.91 Å². The van der Waals surface area contributed by atoms with E-state index < -0.39 is 0 Å². The molecule has 2 aromatic heterocycles. The van der Waals surface area contributed by atoms with Gasteiger partial charge in [-0.3, -0.25) is 9.78 Å². The van der Waals surface area contributed by atoms with Gasteiger partial charge in [0.2, 0.25) is 0 Å². The molecule has 1 aromatic carbocycles. The molecule has 0 saturated carbocycles.